The average Bonchev–Trinajstić information content (AvgIpc) is 3.23. The summed E-state index contributed by atoms with van der Waals surface area (Å²) in [5.41, 5.74) is -1.82. The van der Waals surface area contributed by atoms with Crippen LogP contribution in [0.25, 0.3) is 0 Å². The smallest absolute Gasteiger partial charge is 0.276 e. The van der Waals surface area contributed by atoms with Crippen LogP contribution in [-0.2, 0) is 17.1 Å². The Kier molecular flexibility index (Phi) is 5.03. The van der Waals surface area contributed by atoms with Crippen molar-refractivity contribution < 1.29 is 31.1 Å². The number of amides is 1. The van der Waals surface area contributed by atoms with Gasteiger partial charge in [-0.05, 0) is 31.2 Å². The highest BCUT2D eigenvalue weighted by molar-refractivity contribution is 7.89. The highest BCUT2D eigenvalue weighted by atomic mass is 32.2. The Hall–Kier alpha value is -2.57. The number of nitrogens with zero attached hydrogens (tertiary/aromatic N) is 1. The minimum atomic E-state index is -3.97. The minimum Gasteiger partial charge on any atom is -0.488 e. The molecule has 8 nitrogen and oxygen atoms in total. The molecule has 1 atom stereocenters. The molecular weight excluding hydrogens is 425 g/mol. The number of carbonyl (C=O) groups is 1. The number of halogens is 3. The molecule has 162 valence electrons. The second-order valence-corrected chi connectivity index (χ2v) is 9.03. The van der Waals surface area contributed by atoms with Gasteiger partial charge in [0.2, 0.25) is 10.0 Å². The van der Waals surface area contributed by atoms with Gasteiger partial charge in [-0.1, -0.05) is 0 Å². The second kappa shape index (κ2) is 7.29. The number of sulfonamides is 1. The van der Waals surface area contributed by atoms with Gasteiger partial charge in [-0.15, -0.1) is 0 Å². The van der Waals surface area contributed by atoms with Crippen molar-refractivity contribution in [1.29, 1.82) is 0 Å². The van der Waals surface area contributed by atoms with Gasteiger partial charge in [0.1, 0.15) is 17.3 Å². The molecule has 0 unspecified atom stereocenters. The Balaban J connectivity index is 1.68. The van der Waals surface area contributed by atoms with Gasteiger partial charge in [0.15, 0.2) is 11.4 Å². The molecule has 1 fully saturated rings. The summed E-state index contributed by atoms with van der Waals surface area (Å²) in [5.74, 6) is -1.99. The first-order chi connectivity index (χ1) is 14.1. The number of hydrogen-bond donors (Lipinski definition) is 3. The molecule has 1 aromatic carbocycles. The maximum absolute atomic E-state index is 13.5. The van der Waals surface area contributed by atoms with Crippen molar-refractivity contribution in [1.82, 2.24) is 14.6 Å². The topological polar surface area (TPSA) is 101 Å². The van der Waals surface area contributed by atoms with Crippen molar-refractivity contribution in [2.24, 2.45) is 7.05 Å². The number of nitrogens with one attached hydrogen (secondary N) is 3. The third kappa shape index (κ3) is 3.55. The molecule has 2 aliphatic rings. The van der Waals surface area contributed by atoms with Gasteiger partial charge in [0.05, 0.1) is 11.1 Å². The molecule has 0 aliphatic carbocycles. The lowest BCUT2D eigenvalue weighted by Crippen LogP contribution is -2.52. The van der Waals surface area contributed by atoms with Gasteiger partial charge < -0.3 is 19.9 Å². The van der Waals surface area contributed by atoms with Crippen molar-refractivity contribution >= 4 is 21.6 Å². The largest absolute Gasteiger partial charge is 0.488 e. The number of aromatic nitrogens is 1. The van der Waals surface area contributed by atoms with E-state index in [1.165, 1.54) is 17.8 Å². The van der Waals surface area contributed by atoms with Gasteiger partial charge >= 0.3 is 0 Å². The average molecular weight is 444 g/mol. The first kappa shape index (κ1) is 20.7. The fourth-order valence-corrected chi connectivity index (χ4v) is 5.29. The summed E-state index contributed by atoms with van der Waals surface area (Å²) < 4.78 is 74.8. The monoisotopic (exact) mass is 444 g/mol. The van der Waals surface area contributed by atoms with Crippen LogP contribution in [0.4, 0.5) is 18.9 Å². The zero-order chi connectivity index (χ0) is 21.7. The fraction of sp³-hybridized carbons (Fsp3) is 0.389. The normalized spacial score (nSPS) is 22.6. The molecule has 4 rings (SSSR count). The Bertz CT molecular complexity index is 1110. The zero-order valence-electron chi connectivity index (χ0n) is 15.8. The van der Waals surface area contributed by atoms with E-state index in [9.17, 15) is 26.4 Å². The first-order valence-electron chi connectivity index (χ1n) is 9.08. The summed E-state index contributed by atoms with van der Waals surface area (Å²) in [4.78, 5) is 12.7. The Labute approximate surface area is 170 Å². The van der Waals surface area contributed by atoms with E-state index in [1.54, 1.807) is 0 Å². The number of benzene rings is 1. The number of aryl methyl sites for hydroxylation is 1. The summed E-state index contributed by atoms with van der Waals surface area (Å²) in [6.07, 6.45) is -1.27. The SMILES string of the molecule is Cn1cc2c(c1C(=O)Nc1ccc(F)c(C(F)F)c1)OC[C@]1(CCNC1)NS2(=O)=O. The molecular formula is C18H19F3N4O4S. The lowest BCUT2D eigenvalue weighted by Gasteiger charge is -2.26. The van der Waals surface area contributed by atoms with Gasteiger partial charge in [0.25, 0.3) is 12.3 Å². The summed E-state index contributed by atoms with van der Waals surface area (Å²) in [5, 5.41) is 5.48. The van der Waals surface area contributed by atoms with Crippen LogP contribution in [0.15, 0.2) is 29.3 Å². The first-order valence-corrected chi connectivity index (χ1v) is 10.6. The third-order valence-electron chi connectivity index (χ3n) is 5.18. The van der Waals surface area contributed by atoms with Crippen LogP contribution in [0.2, 0.25) is 0 Å². The van der Waals surface area contributed by atoms with E-state index in [1.807, 2.05) is 0 Å². The van der Waals surface area contributed by atoms with Crippen molar-refractivity contribution in [2.45, 2.75) is 23.3 Å². The lowest BCUT2D eigenvalue weighted by atomic mass is 10.0. The van der Waals surface area contributed by atoms with Crippen LogP contribution >= 0.6 is 0 Å². The Morgan fingerprint density at radius 1 is 1.37 bits per heavy atom. The number of rotatable bonds is 3. The summed E-state index contributed by atoms with van der Waals surface area (Å²) in [7, 11) is -2.50. The molecule has 1 amide bonds. The maximum Gasteiger partial charge on any atom is 0.276 e. The van der Waals surface area contributed by atoms with Gasteiger partial charge in [-0.25, -0.2) is 26.3 Å². The Morgan fingerprint density at radius 3 is 2.80 bits per heavy atom. The molecule has 2 aliphatic heterocycles. The van der Waals surface area contributed by atoms with E-state index in [-0.39, 0.29) is 28.6 Å². The second-order valence-electron chi connectivity index (χ2n) is 7.37. The molecule has 0 bridgehead atoms. The molecule has 1 aromatic heterocycles. The molecule has 12 heteroatoms. The highest BCUT2D eigenvalue weighted by Crippen LogP contribution is 2.36. The summed E-state index contributed by atoms with van der Waals surface area (Å²) in [6.45, 7) is 1.02. The molecule has 0 saturated carbocycles. The zero-order valence-corrected chi connectivity index (χ0v) is 16.7. The predicted molar refractivity (Wildman–Crippen MR) is 101 cm³/mol. The summed E-state index contributed by atoms with van der Waals surface area (Å²) in [6, 6.07) is 2.79. The van der Waals surface area contributed by atoms with Crippen molar-refractivity contribution in [3.63, 3.8) is 0 Å². The minimum absolute atomic E-state index is 0.0165. The van der Waals surface area contributed by atoms with Gasteiger partial charge in [0, 0.05) is 25.5 Å². The number of hydrogen-bond acceptors (Lipinski definition) is 5. The van der Waals surface area contributed by atoms with Crippen LogP contribution in [-0.4, -0.2) is 44.1 Å². The van der Waals surface area contributed by atoms with Crippen LogP contribution in [0.5, 0.6) is 5.75 Å². The molecule has 0 radical (unpaired) electrons. The lowest BCUT2D eigenvalue weighted by molar-refractivity contribution is 0.101. The van der Waals surface area contributed by atoms with E-state index in [0.29, 0.717) is 19.5 Å². The third-order valence-corrected chi connectivity index (χ3v) is 6.75. The van der Waals surface area contributed by atoms with E-state index < -0.39 is 39.3 Å². The van der Waals surface area contributed by atoms with Crippen LogP contribution in [0.3, 0.4) is 0 Å². The number of fused-ring (bicyclic) bond motifs is 1. The van der Waals surface area contributed by atoms with Crippen molar-refractivity contribution in [3.8, 4) is 5.75 Å². The Morgan fingerprint density at radius 2 is 2.13 bits per heavy atom. The van der Waals surface area contributed by atoms with E-state index in [0.717, 1.165) is 18.2 Å². The number of alkyl halides is 2. The molecule has 1 saturated heterocycles. The van der Waals surface area contributed by atoms with Crippen LogP contribution in [0.1, 0.15) is 28.9 Å². The van der Waals surface area contributed by atoms with E-state index >= 15 is 0 Å². The van der Waals surface area contributed by atoms with Crippen LogP contribution in [0, 0.1) is 5.82 Å². The molecule has 30 heavy (non-hydrogen) atoms. The number of ether oxygens (including phenoxy) is 1. The standard InChI is InChI=1S/C18H19F3N4O4S/c1-25-7-13-15(29-9-18(4-5-22-8-18)24-30(13,27)28)14(25)17(26)23-10-2-3-12(19)11(6-10)16(20)21/h2-3,6-7,16,22,24H,4-5,8-9H2,1H3,(H,23,26)/t18-/m1/s1. The van der Waals surface area contributed by atoms with Gasteiger partial charge in [-0.3, -0.25) is 4.79 Å². The number of anilines is 1. The van der Waals surface area contributed by atoms with E-state index in [2.05, 4.69) is 15.4 Å². The molecule has 2 aromatic rings. The van der Waals surface area contributed by atoms with Crippen molar-refractivity contribution in [3.05, 3.63) is 41.5 Å². The number of carbonyl (C=O) groups excluding carboxylic acids is 1. The molecule has 3 N–H and O–H groups in total. The van der Waals surface area contributed by atoms with Gasteiger partial charge in [-0.2, -0.15) is 0 Å². The molecule has 1 spiro atoms. The molecule has 3 heterocycles. The van der Waals surface area contributed by atoms with Crippen LogP contribution < -0.4 is 20.1 Å². The van der Waals surface area contributed by atoms with Crippen molar-refractivity contribution in [2.75, 3.05) is 25.0 Å². The maximum atomic E-state index is 13.5. The fourth-order valence-electron chi connectivity index (χ4n) is 3.68. The quantitative estimate of drug-likeness (QED) is 0.670. The highest BCUT2D eigenvalue weighted by Gasteiger charge is 2.44. The predicted octanol–water partition coefficient (Wildman–Crippen LogP) is 1.76. The van der Waals surface area contributed by atoms with E-state index in [4.69, 9.17) is 4.74 Å². The summed E-state index contributed by atoms with van der Waals surface area (Å²) >= 11 is 0.